The Balaban J connectivity index is 2.01. The summed E-state index contributed by atoms with van der Waals surface area (Å²) in [6.45, 7) is 0.958. The molecule has 0 saturated heterocycles. The molecule has 2 rings (SSSR count). The Morgan fingerprint density at radius 2 is 2.14 bits per heavy atom. The van der Waals surface area contributed by atoms with Crippen molar-refractivity contribution in [3.05, 3.63) is 34.2 Å². The van der Waals surface area contributed by atoms with E-state index in [4.69, 9.17) is 0 Å². The Labute approximate surface area is 83.5 Å². The van der Waals surface area contributed by atoms with E-state index < -0.39 is 0 Å². The predicted molar refractivity (Wildman–Crippen MR) is 57.6 cm³/mol. The van der Waals surface area contributed by atoms with Crippen molar-refractivity contribution < 1.29 is 0 Å². The summed E-state index contributed by atoms with van der Waals surface area (Å²) >= 11 is 0. The van der Waals surface area contributed by atoms with E-state index in [1.807, 2.05) is 0 Å². The van der Waals surface area contributed by atoms with Crippen LogP contribution in [0.2, 0.25) is 0 Å². The van der Waals surface area contributed by atoms with E-state index in [1.165, 1.54) is 30.4 Å². The molecule has 0 heterocycles. The highest BCUT2D eigenvalue weighted by Crippen LogP contribution is 2.24. The van der Waals surface area contributed by atoms with E-state index in [9.17, 15) is 4.91 Å². The molecule has 0 fully saturated rings. The molecule has 0 bridgehead atoms. The molecular weight excluding hydrogens is 176 g/mol. The topological polar surface area (TPSA) is 41.5 Å². The number of benzene rings is 1. The lowest BCUT2D eigenvalue weighted by Gasteiger charge is -2.06. The quantitative estimate of drug-likeness (QED) is 0.585. The first kappa shape index (κ1) is 9.19. The summed E-state index contributed by atoms with van der Waals surface area (Å²) in [5.74, 6) is 0. The van der Waals surface area contributed by atoms with Gasteiger partial charge in [0, 0.05) is 12.2 Å². The summed E-state index contributed by atoms with van der Waals surface area (Å²) in [5.41, 5.74) is 4.03. The normalized spacial score (nSPS) is 13.7. The molecule has 1 aliphatic rings. The van der Waals surface area contributed by atoms with Gasteiger partial charge in [-0.2, -0.15) is 4.91 Å². The monoisotopic (exact) mass is 190 g/mol. The van der Waals surface area contributed by atoms with E-state index in [-0.39, 0.29) is 0 Å². The zero-order chi connectivity index (χ0) is 9.80. The number of rotatable bonds is 4. The molecule has 1 aliphatic carbocycles. The Kier molecular flexibility index (Phi) is 2.77. The number of fused-ring (bicyclic) bond motifs is 1. The summed E-state index contributed by atoms with van der Waals surface area (Å²) in [4.78, 5) is 9.89. The van der Waals surface area contributed by atoms with Crippen LogP contribution < -0.4 is 5.32 Å². The molecule has 3 nitrogen and oxygen atoms in total. The fourth-order valence-electron chi connectivity index (χ4n) is 1.93. The van der Waals surface area contributed by atoms with Gasteiger partial charge in [0.15, 0.2) is 0 Å². The Morgan fingerprint density at radius 3 is 3.00 bits per heavy atom. The SMILES string of the molecule is O=NCCNc1ccc2c(c1)CCC2. The Bertz CT molecular complexity index is 336. The van der Waals surface area contributed by atoms with E-state index in [0.717, 1.165) is 5.69 Å². The Morgan fingerprint density at radius 1 is 1.29 bits per heavy atom. The van der Waals surface area contributed by atoms with Gasteiger partial charge >= 0.3 is 0 Å². The first-order valence-corrected chi connectivity index (χ1v) is 5.05. The molecule has 0 atom stereocenters. The first-order chi connectivity index (χ1) is 6.90. The van der Waals surface area contributed by atoms with E-state index in [2.05, 4.69) is 28.7 Å². The molecule has 14 heavy (non-hydrogen) atoms. The van der Waals surface area contributed by atoms with Crippen molar-refractivity contribution >= 4 is 5.69 Å². The van der Waals surface area contributed by atoms with Crippen LogP contribution in [0.5, 0.6) is 0 Å². The lowest BCUT2D eigenvalue weighted by atomic mass is 10.1. The summed E-state index contributed by atoms with van der Waals surface area (Å²) in [6.07, 6.45) is 3.68. The minimum absolute atomic E-state index is 0.330. The van der Waals surface area contributed by atoms with E-state index >= 15 is 0 Å². The summed E-state index contributed by atoms with van der Waals surface area (Å²) < 4.78 is 0. The van der Waals surface area contributed by atoms with E-state index in [1.54, 1.807) is 0 Å². The summed E-state index contributed by atoms with van der Waals surface area (Å²) in [7, 11) is 0. The third-order valence-electron chi connectivity index (χ3n) is 2.63. The maximum Gasteiger partial charge on any atom is 0.0983 e. The number of nitroso groups, excluding NO2 is 1. The molecule has 3 heteroatoms. The van der Waals surface area contributed by atoms with Crippen LogP contribution in [0, 0.1) is 4.91 Å². The third-order valence-corrected chi connectivity index (χ3v) is 2.63. The van der Waals surface area contributed by atoms with Crippen molar-refractivity contribution in [1.29, 1.82) is 0 Å². The van der Waals surface area contributed by atoms with Crippen molar-refractivity contribution in [2.24, 2.45) is 5.18 Å². The van der Waals surface area contributed by atoms with Gasteiger partial charge in [-0.05, 0) is 42.5 Å². The highest BCUT2D eigenvalue weighted by Gasteiger charge is 2.10. The van der Waals surface area contributed by atoms with Crippen LogP contribution in [0.25, 0.3) is 0 Å². The Hall–Kier alpha value is -1.38. The van der Waals surface area contributed by atoms with Gasteiger partial charge in [0.25, 0.3) is 0 Å². The fourth-order valence-corrected chi connectivity index (χ4v) is 1.93. The number of aryl methyl sites for hydroxylation is 2. The number of hydrogen-bond acceptors (Lipinski definition) is 3. The summed E-state index contributed by atoms with van der Waals surface area (Å²) in [5, 5.41) is 5.99. The standard InChI is InChI=1S/C11H14N2O/c14-13-7-6-12-11-5-4-9-2-1-3-10(9)8-11/h4-5,8,12H,1-3,6-7H2. The van der Waals surface area contributed by atoms with Crippen LogP contribution in [-0.4, -0.2) is 13.1 Å². The average Bonchev–Trinajstić information content (AvgIpc) is 2.65. The van der Waals surface area contributed by atoms with Crippen molar-refractivity contribution in [1.82, 2.24) is 0 Å². The molecule has 0 amide bonds. The second kappa shape index (κ2) is 4.22. The van der Waals surface area contributed by atoms with E-state index in [0.29, 0.717) is 13.1 Å². The van der Waals surface area contributed by atoms with Gasteiger partial charge in [0.1, 0.15) is 0 Å². The van der Waals surface area contributed by atoms with Crippen LogP contribution in [0.1, 0.15) is 17.5 Å². The van der Waals surface area contributed by atoms with Crippen LogP contribution in [0.4, 0.5) is 5.69 Å². The molecule has 0 spiro atoms. The molecule has 0 saturated carbocycles. The van der Waals surface area contributed by atoms with Crippen LogP contribution >= 0.6 is 0 Å². The van der Waals surface area contributed by atoms with Crippen molar-refractivity contribution in [3.63, 3.8) is 0 Å². The highest BCUT2D eigenvalue weighted by molar-refractivity contribution is 5.50. The van der Waals surface area contributed by atoms with Crippen molar-refractivity contribution in [3.8, 4) is 0 Å². The second-order valence-electron chi connectivity index (χ2n) is 3.62. The van der Waals surface area contributed by atoms with Gasteiger partial charge < -0.3 is 5.32 Å². The van der Waals surface area contributed by atoms with Crippen LogP contribution in [-0.2, 0) is 12.8 Å². The van der Waals surface area contributed by atoms with Gasteiger partial charge in [0.05, 0.1) is 6.54 Å². The molecular formula is C11H14N2O. The molecule has 0 aromatic heterocycles. The van der Waals surface area contributed by atoms with Gasteiger partial charge in [-0.1, -0.05) is 11.2 Å². The van der Waals surface area contributed by atoms with Gasteiger partial charge in [0.2, 0.25) is 0 Å². The largest absolute Gasteiger partial charge is 0.383 e. The average molecular weight is 190 g/mol. The second-order valence-corrected chi connectivity index (χ2v) is 3.62. The molecule has 1 N–H and O–H groups in total. The van der Waals surface area contributed by atoms with Gasteiger partial charge in [-0.25, -0.2) is 0 Å². The smallest absolute Gasteiger partial charge is 0.0983 e. The maximum absolute atomic E-state index is 9.89. The molecule has 1 aromatic rings. The van der Waals surface area contributed by atoms with Gasteiger partial charge in [-0.3, -0.25) is 0 Å². The molecule has 1 aromatic carbocycles. The summed E-state index contributed by atoms with van der Waals surface area (Å²) in [6, 6.07) is 6.45. The lowest BCUT2D eigenvalue weighted by Crippen LogP contribution is -2.04. The van der Waals surface area contributed by atoms with Crippen LogP contribution in [0.3, 0.4) is 0 Å². The third kappa shape index (κ3) is 1.92. The zero-order valence-electron chi connectivity index (χ0n) is 8.12. The lowest BCUT2D eigenvalue weighted by molar-refractivity contribution is 0.911. The number of hydrogen-bond donors (Lipinski definition) is 1. The molecule has 0 unspecified atom stereocenters. The maximum atomic E-state index is 9.89. The number of anilines is 1. The van der Waals surface area contributed by atoms with Crippen LogP contribution in [0.15, 0.2) is 23.4 Å². The molecule has 74 valence electrons. The van der Waals surface area contributed by atoms with Crippen molar-refractivity contribution in [2.45, 2.75) is 19.3 Å². The highest BCUT2D eigenvalue weighted by atomic mass is 16.3. The van der Waals surface area contributed by atoms with Crippen molar-refractivity contribution in [2.75, 3.05) is 18.4 Å². The first-order valence-electron chi connectivity index (χ1n) is 5.05. The number of nitrogens with one attached hydrogen (secondary N) is 1. The number of nitrogens with zero attached hydrogens (tertiary/aromatic N) is 1. The van der Waals surface area contributed by atoms with Gasteiger partial charge in [-0.15, -0.1) is 0 Å². The minimum Gasteiger partial charge on any atom is -0.383 e. The molecule has 0 aliphatic heterocycles. The zero-order valence-corrected chi connectivity index (χ0v) is 8.12. The molecule has 0 radical (unpaired) electrons. The minimum atomic E-state index is 0.330. The fraction of sp³-hybridized carbons (Fsp3) is 0.455. The predicted octanol–water partition coefficient (Wildman–Crippen LogP) is 2.35.